The standard InChI is InChI=1S/C26H26N2O6/c1-9-10(2)22-21(9)25(33)28(26(22)34)18-6-14-15-7-19(29)17(5-13(15)16(14)8-20(18)30)27-23(31)11(3)12(4)24(27)32/h5-12,14,16,21-22,29-30H,1-4H3/t9?,10?,11?,12?,14?,16-,21?,22?/m0/s1. The summed E-state index contributed by atoms with van der Waals surface area (Å²) in [6.45, 7) is 7.34. The third kappa shape index (κ3) is 2.33. The first-order valence-electron chi connectivity index (χ1n) is 11.8. The average Bonchev–Trinajstić information content (AvgIpc) is 3.15. The summed E-state index contributed by atoms with van der Waals surface area (Å²) in [5, 5.41) is 21.5. The lowest BCUT2D eigenvalue weighted by Gasteiger charge is -2.41. The number of carbonyl (C=O) groups excluding carboxylic acids is 4. The van der Waals surface area contributed by atoms with Crippen molar-refractivity contribution >= 4 is 29.3 Å². The molecule has 3 fully saturated rings. The maximum atomic E-state index is 13.0. The van der Waals surface area contributed by atoms with E-state index < -0.39 is 11.8 Å². The number of imide groups is 2. The van der Waals surface area contributed by atoms with E-state index in [0.29, 0.717) is 0 Å². The van der Waals surface area contributed by atoms with Gasteiger partial charge < -0.3 is 10.2 Å². The van der Waals surface area contributed by atoms with E-state index in [9.17, 15) is 29.4 Å². The lowest BCUT2D eigenvalue weighted by molar-refractivity contribution is -0.137. The fourth-order valence-corrected chi connectivity index (χ4v) is 6.49. The van der Waals surface area contributed by atoms with Gasteiger partial charge in [-0.05, 0) is 47.2 Å². The van der Waals surface area contributed by atoms with Gasteiger partial charge in [0.1, 0.15) is 11.5 Å². The van der Waals surface area contributed by atoms with E-state index in [4.69, 9.17) is 0 Å². The molecule has 3 aliphatic carbocycles. The van der Waals surface area contributed by atoms with Gasteiger partial charge in [0.05, 0.1) is 23.2 Å². The van der Waals surface area contributed by atoms with Gasteiger partial charge in [-0.15, -0.1) is 0 Å². The number of hydrogen-bond donors (Lipinski definition) is 2. The number of aromatic hydroxyl groups is 1. The Morgan fingerprint density at radius 1 is 0.676 bits per heavy atom. The number of anilines is 1. The highest BCUT2D eigenvalue weighted by Crippen LogP contribution is 2.57. The van der Waals surface area contributed by atoms with Gasteiger partial charge in [-0.2, -0.15) is 0 Å². The molecule has 8 heteroatoms. The minimum absolute atomic E-state index is 0.121. The number of rotatable bonds is 2. The van der Waals surface area contributed by atoms with E-state index in [1.165, 1.54) is 6.07 Å². The van der Waals surface area contributed by atoms with Crippen molar-refractivity contribution in [2.24, 2.45) is 35.5 Å². The highest BCUT2D eigenvalue weighted by molar-refractivity contribution is 6.22. The zero-order chi connectivity index (χ0) is 24.4. The number of aliphatic hydroxyl groups excluding tert-OH is 1. The SMILES string of the molecule is CC1C(=O)N(c2cc3c(cc2O)C2C=C(N4C(=O)C5C(C)C(C)C5C4=O)C(O)=C[C@@H]32)C(=O)C1C. The van der Waals surface area contributed by atoms with Crippen LogP contribution in [0.5, 0.6) is 5.75 Å². The second-order valence-electron chi connectivity index (χ2n) is 10.5. The minimum atomic E-state index is -0.467. The normalized spacial score (nSPS) is 38.1. The van der Waals surface area contributed by atoms with Crippen molar-refractivity contribution in [1.29, 1.82) is 0 Å². The number of nitrogens with zero attached hydrogens (tertiary/aromatic N) is 2. The first kappa shape index (κ1) is 21.1. The third-order valence-corrected chi connectivity index (χ3v) is 9.03. The maximum Gasteiger partial charge on any atom is 0.238 e. The minimum Gasteiger partial charge on any atom is -0.506 e. The van der Waals surface area contributed by atoms with E-state index in [1.807, 2.05) is 13.8 Å². The topological polar surface area (TPSA) is 115 Å². The third-order valence-electron chi connectivity index (χ3n) is 9.03. The average molecular weight is 463 g/mol. The van der Waals surface area contributed by atoms with Crippen molar-refractivity contribution in [1.82, 2.24) is 4.90 Å². The number of carbonyl (C=O) groups is 4. The quantitative estimate of drug-likeness (QED) is 0.653. The highest BCUT2D eigenvalue weighted by atomic mass is 16.3. The Balaban J connectivity index is 1.35. The van der Waals surface area contributed by atoms with E-state index in [1.54, 1.807) is 32.1 Å². The molecule has 2 aliphatic heterocycles. The number of allylic oxidation sites excluding steroid dienone is 2. The molecule has 34 heavy (non-hydrogen) atoms. The van der Waals surface area contributed by atoms with Crippen LogP contribution in [0.25, 0.3) is 0 Å². The summed E-state index contributed by atoms with van der Waals surface area (Å²) < 4.78 is 0. The van der Waals surface area contributed by atoms with Gasteiger partial charge in [0.2, 0.25) is 23.6 Å². The fourth-order valence-electron chi connectivity index (χ4n) is 6.49. The summed E-state index contributed by atoms with van der Waals surface area (Å²) in [6, 6.07) is 3.16. The van der Waals surface area contributed by atoms with Crippen LogP contribution in [-0.2, 0) is 19.2 Å². The van der Waals surface area contributed by atoms with Gasteiger partial charge in [0, 0.05) is 23.7 Å². The van der Waals surface area contributed by atoms with Crippen LogP contribution in [0.2, 0.25) is 0 Å². The Hall–Kier alpha value is -3.42. The monoisotopic (exact) mass is 462 g/mol. The first-order chi connectivity index (χ1) is 16.0. The summed E-state index contributed by atoms with van der Waals surface area (Å²) in [5.41, 5.74) is 1.91. The van der Waals surface area contributed by atoms with Crippen molar-refractivity contribution in [2.45, 2.75) is 39.5 Å². The number of fused-ring (bicyclic) bond motifs is 5. The van der Waals surface area contributed by atoms with Gasteiger partial charge in [-0.1, -0.05) is 27.7 Å². The summed E-state index contributed by atoms with van der Waals surface area (Å²) in [4.78, 5) is 53.5. The Labute approximate surface area is 196 Å². The molecule has 8 nitrogen and oxygen atoms in total. The summed E-state index contributed by atoms with van der Waals surface area (Å²) in [6.07, 6.45) is 3.32. The number of phenols is 1. The number of hydrogen-bond acceptors (Lipinski definition) is 6. The van der Waals surface area contributed by atoms with E-state index >= 15 is 0 Å². The van der Waals surface area contributed by atoms with Crippen LogP contribution in [0.1, 0.15) is 50.7 Å². The van der Waals surface area contributed by atoms with Crippen molar-refractivity contribution < 1.29 is 29.4 Å². The molecule has 0 spiro atoms. The Morgan fingerprint density at radius 3 is 1.74 bits per heavy atom. The molecule has 176 valence electrons. The van der Waals surface area contributed by atoms with Crippen LogP contribution in [-0.4, -0.2) is 38.7 Å². The van der Waals surface area contributed by atoms with Gasteiger partial charge >= 0.3 is 0 Å². The molecular formula is C26H26N2O6. The number of phenolic OH excluding ortho intramolecular Hbond substituents is 1. The molecule has 0 radical (unpaired) electrons. The smallest absolute Gasteiger partial charge is 0.238 e. The number of amides is 4. The van der Waals surface area contributed by atoms with Crippen molar-refractivity contribution in [2.75, 3.05) is 4.90 Å². The fraction of sp³-hybridized carbons (Fsp3) is 0.462. The second-order valence-corrected chi connectivity index (χ2v) is 10.5. The predicted molar refractivity (Wildman–Crippen MR) is 120 cm³/mol. The summed E-state index contributed by atoms with van der Waals surface area (Å²) in [7, 11) is 0. The maximum absolute atomic E-state index is 13.0. The summed E-state index contributed by atoms with van der Waals surface area (Å²) >= 11 is 0. The molecule has 8 atom stereocenters. The van der Waals surface area contributed by atoms with Crippen LogP contribution in [0.3, 0.4) is 0 Å². The van der Waals surface area contributed by atoms with Crippen LogP contribution < -0.4 is 4.90 Å². The zero-order valence-electron chi connectivity index (χ0n) is 19.4. The highest BCUT2D eigenvalue weighted by Gasteiger charge is 2.62. The van der Waals surface area contributed by atoms with Crippen LogP contribution in [0.4, 0.5) is 5.69 Å². The van der Waals surface area contributed by atoms with Crippen molar-refractivity contribution in [3.8, 4) is 5.75 Å². The predicted octanol–water partition coefficient (Wildman–Crippen LogP) is 2.94. The molecule has 0 bridgehead atoms. The molecule has 5 aliphatic rings. The molecule has 0 aromatic heterocycles. The first-order valence-corrected chi connectivity index (χ1v) is 11.8. The molecule has 1 aromatic carbocycles. The molecule has 7 unspecified atom stereocenters. The molecule has 2 heterocycles. The number of benzene rings is 1. The van der Waals surface area contributed by atoms with E-state index in [0.717, 1.165) is 20.9 Å². The van der Waals surface area contributed by atoms with Crippen molar-refractivity contribution in [3.63, 3.8) is 0 Å². The van der Waals surface area contributed by atoms with Gasteiger partial charge in [0.25, 0.3) is 0 Å². The zero-order valence-corrected chi connectivity index (χ0v) is 19.4. The lowest BCUT2D eigenvalue weighted by Crippen LogP contribution is -2.45. The Bertz CT molecular complexity index is 1230. The molecule has 4 amide bonds. The molecular weight excluding hydrogens is 436 g/mol. The van der Waals surface area contributed by atoms with Crippen molar-refractivity contribution in [3.05, 3.63) is 46.9 Å². The number of likely N-dealkylation sites (tertiary alicyclic amines) is 1. The largest absolute Gasteiger partial charge is 0.506 e. The van der Waals surface area contributed by atoms with Crippen LogP contribution >= 0.6 is 0 Å². The molecule has 6 rings (SSSR count). The van der Waals surface area contributed by atoms with E-state index in [-0.39, 0.29) is 82.0 Å². The van der Waals surface area contributed by atoms with Crippen LogP contribution in [0.15, 0.2) is 35.7 Å². The Kier molecular flexibility index (Phi) is 4.09. The number of aliphatic hydroxyl groups is 1. The lowest BCUT2D eigenvalue weighted by atomic mass is 9.59. The second kappa shape index (κ2) is 6.58. The molecule has 1 saturated carbocycles. The molecule has 1 aromatic rings. The summed E-state index contributed by atoms with van der Waals surface area (Å²) in [5.74, 6) is -3.40. The molecule has 2 N–H and O–H groups in total. The molecule has 2 saturated heterocycles. The van der Waals surface area contributed by atoms with Gasteiger partial charge in [-0.3, -0.25) is 19.2 Å². The van der Waals surface area contributed by atoms with Gasteiger partial charge in [-0.25, -0.2) is 9.80 Å². The Morgan fingerprint density at radius 2 is 1.18 bits per heavy atom. The van der Waals surface area contributed by atoms with Crippen LogP contribution in [0, 0.1) is 35.5 Å². The van der Waals surface area contributed by atoms with E-state index in [2.05, 4.69) is 0 Å². The van der Waals surface area contributed by atoms with Gasteiger partial charge in [0.15, 0.2) is 0 Å².